The first kappa shape index (κ1) is 22.3. The molecule has 0 aliphatic rings. The molecule has 4 aromatic rings. The van der Waals surface area contributed by atoms with Crippen LogP contribution in [0.3, 0.4) is 0 Å². The SMILES string of the molecule is COc1ccc(Cn2ncc3cc([S@](=N)(=O)c4ccc(OC(F)F)cc4)ccc3c2=O)cn1. The van der Waals surface area contributed by atoms with E-state index in [2.05, 4.69) is 14.8 Å². The van der Waals surface area contributed by atoms with E-state index in [0.717, 1.165) is 5.56 Å². The predicted molar refractivity (Wildman–Crippen MR) is 116 cm³/mol. The first-order valence-electron chi connectivity index (χ1n) is 9.60. The van der Waals surface area contributed by atoms with E-state index in [1.165, 1.54) is 60.5 Å². The first-order chi connectivity index (χ1) is 15.8. The quantitative estimate of drug-likeness (QED) is 0.437. The summed E-state index contributed by atoms with van der Waals surface area (Å²) in [6, 6.07) is 12.9. The van der Waals surface area contributed by atoms with Crippen molar-refractivity contribution in [2.45, 2.75) is 22.9 Å². The summed E-state index contributed by atoms with van der Waals surface area (Å²) in [5.41, 5.74) is 0.412. The molecule has 0 saturated heterocycles. The van der Waals surface area contributed by atoms with Crippen LogP contribution in [0.4, 0.5) is 8.78 Å². The Balaban J connectivity index is 1.64. The topological polar surface area (TPSA) is 107 Å². The van der Waals surface area contributed by atoms with Crippen molar-refractivity contribution in [3.05, 3.63) is 82.9 Å². The number of aromatic nitrogens is 3. The summed E-state index contributed by atoms with van der Waals surface area (Å²) in [4.78, 5) is 17.3. The monoisotopic (exact) mass is 472 g/mol. The zero-order valence-electron chi connectivity index (χ0n) is 17.3. The minimum Gasteiger partial charge on any atom is -0.481 e. The van der Waals surface area contributed by atoms with Gasteiger partial charge in [0.1, 0.15) is 15.5 Å². The molecule has 1 atom stereocenters. The number of nitrogens with zero attached hydrogens (tertiary/aromatic N) is 3. The van der Waals surface area contributed by atoms with Gasteiger partial charge in [-0.25, -0.2) is 18.7 Å². The van der Waals surface area contributed by atoms with E-state index in [1.807, 2.05) is 0 Å². The lowest BCUT2D eigenvalue weighted by Gasteiger charge is -2.11. The Morgan fingerprint density at radius 1 is 1.06 bits per heavy atom. The van der Waals surface area contributed by atoms with E-state index in [1.54, 1.807) is 18.3 Å². The van der Waals surface area contributed by atoms with Gasteiger partial charge in [0.2, 0.25) is 5.88 Å². The molecule has 0 unspecified atom stereocenters. The van der Waals surface area contributed by atoms with Gasteiger partial charge < -0.3 is 9.47 Å². The van der Waals surface area contributed by atoms with Gasteiger partial charge >= 0.3 is 6.61 Å². The standard InChI is InChI=1S/C22H18F2N4O4S/c1-31-20-9-2-14(11-26-20)13-28-21(29)19-8-7-18(10-15(19)12-27-28)33(25,30)17-5-3-16(4-6-17)32-22(23)24/h2-12,22,25H,13H2,1H3/t33-/m1/s1. The summed E-state index contributed by atoms with van der Waals surface area (Å²) in [6.07, 6.45) is 3.05. The second kappa shape index (κ2) is 8.94. The molecule has 11 heteroatoms. The van der Waals surface area contributed by atoms with Crippen LogP contribution in [-0.2, 0) is 16.3 Å². The molecule has 2 heterocycles. The molecule has 0 bridgehead atoms. The highest BCUT2D eigenvalue weighted by Gasteiger charge is 2.16. The van der Waals surface area contributed by atoms with Crippen molar-refractivity contribution in [2.75, 3.05) is 7.11 Å². The number of alkyl halides is 2. The lowest BCUT2D eigenvalue weighted by atomic mass is 10.2. The van der Waals surface area contributed by atoms with Gasteiger partial charge in [-0.15, -0.1) is 0 Å². The minimum atomic E-state index is -3.45. The van der Waals surface area contributed by atoms with Gasteiger partial charge in [-0.05, 0) is 48.0 Å². The number of fused-ring (bicyclic) bond motifs is 1. The van der Waals surface area contributed by atoms with Crippen LogP contribution >= 0.6 is 0 Å². The smallest absolute Gasteiger partial charge is 0.387 e. The number of hydrogen-bond donors (Lipinski definition) is 1. The Labute approximate surface area is 187 Å². The molecule has 2 aromatic heterocycles. The van der Waals surface area contributed by atoms with E-state index in [-0.39, 0.29) is 27.6 Å². The zero-order valence-corrected chi connectivity index (χ0v) is 18.1. The van der Waals surface area contributed by atoms with Crippen molar-refractivity contribution in [3.8, 4) is 11.6 Å². The Hall–Kier alpha value is -3.86. The third-order valence-corrected chi connectivity index (χ3v) is 6.73. The van der Waals surface area contributed by atoms with Crippen molar-refractivity contribution < 1.29 is 22.5 Å². The molecule has 170 valence electrons. The number of halogens is 2. The third-order valence-electron chi connectivity index (χ3n) is 4.88. The summed E-state index contributed by atoms with van der Waals surface area (Å²) in [5, 5.41) is 4.97. The summed E-state index contributed by atoms with van der Waals surface area (Å²) in [7, 11) is -1.94. The Bertz CT molecular complexity index is 1460. The number of nitrogens with one attached hydrogen (secondary N) is 1. The van der Waals surface area contributed by atoms with Gasteiger partial charge in [-0.3, -0.25) is 4.79 Å². The van der Waals surface area contributed by atoms with Gasteiger partial charge in [-0.2, -0.15) is 13.9 Å². The van der Waals surface area contributed by atoms with Crippen LogP contribution in [0.25, 0.3) is 10.8 Å². The van der Waals surface area contributed by atoms with Gasteiger partial charge in [0.25, 0.3) is 5.56 Å². The highest BCUT2D eigenvalue weighted by Crippen LogP contribution is 2.26. The van der Waals surface area contributed by atoms with Crippen LogP contribution in [0.1, 0.15) is 5.56 Å². The minimum absolute atomic E-state index is 0.0979. The summed E-state index contributed by atoms with van der Waals surface area (Å²) >= 11 is 0. The fraction of sp³-hybridized carbons (Fsp3) is 0.136. The van der Waals surface area contributed by atoms with E-state index in [9.17, 15) is 17.8 Å². The lowest BCUT2D eigenvalue weighted by molar-refractivity contribution is -0.0498. The van der Waals surface area contributed by atoms with Crippen LogP contribution in [0.5, 0.6) is 11.6 Å². The number of ether oxygens (including phenoxy) is 2. The third kappa shape index (κ3) is 4.67. The van der Waals surface area contributed by atoms with E-state index < -0.39 is 16.3 Å². The summed E-state index contributed by atoms with van der Waals surface area (Å²) in [5.74, 6) is 0.361. The Morgan fingerprint density at radius 3 is 2.42 bits per heavy atom. The normalized spacial score (nSPS) is 13.1. The maximum atomic E-state index is 13.2. The molecule has 8 nitrogen and oxygen atoms in total. The molecule has 0 amide bonds. The molecular weight excluding hydrogens is 454 g/mol. The number of hydrogen-bond acceptors (Lipinski definition) is 7. The summed E-state index contributed by atoms with van der Waals surface area (Å²) in [6.45, 7) is -2.77. The molecule has 0 radical (unpaired) electrons. The molecule has 0 fully saturated rings. The van der Waals surface area contributed by atoms with Crippen molar-refractivity contribution in [1.29, 1.82) is 4.78 Å². The maximum Gasteiger partial charge on any atom is 0.387 e. The van der Waals surface area contributed by atoms with Gasteiger partial charge in [0.05, 0.1) is 35.0 Å². The number of rotatable bonds is 7. The predicted octanol–water partition coefficient (Wildman–Crippen LogP) is 3.91. The summed E-state index contributed by atoms with van der Waals surface area (Å²) < 4.78 is 56.8. The van der Waals surface area contributed by atoms with Crippen molar-refractivity contribution in [2.24, 2.45) is 0 Å². The highest BCUT2D eigenvalue weighted by atomic mass is 32.2. The average Bonchev–Trinajstić information content (AvgIpc) is 2.81. The molecule has 4 rings (SSSR count). The molecule has 33 heavy (non-hydrogen) atoms. The first-order valence-corrected chi connectivity index (χ1v) is 11.2. The van der Waals surface area contributed by atoms with E-state index >= 15 is 0 Å². The Kier molecular flexibility index (Phi) is 6.05. The van der Waals surface area contributed by atoms with E-state index in [0.29, 0.717) is 16.7 Å². The molecule has 1 N–H and O–H groups in total. The van der Waals surface area contributed by atoms with Crippen LogP contribution in [0, 0.1) is 4.78 Å². The number of methoxy groups -OCH3 is 1. The van der Waals surface area contributed by atoms with Crippen LogP contribution in [0.2, 0.25) is 0 Å². The van der Waals surface area contributed by atoms with Crippen LogP contribution in [-0.4, -0.2) is 32.7 Å². The zero-order chi connectivity index (χ0) is 23.6. The van der Waals surface area contributed by atoms with Crippen molar-refractivity contribution >= 4 is 20.5 Å². The molecule has 2 aromatic carbocycles. The van der Waals surface area contributed by atoms with Gasteiger partial charge in [0, 0.05) is 17.6 Å². The second-order valence-corrected chi connectivity index (χ2v) is 9.03. The second-order valence-electron chi connectivity index (χ2n) is 6.97. The van der Waals surface area contributed by atoms with Crippen molar-refractivity contribution in [1.82, 2.24) is 14.8 Å². The highest BCUT2D eigenvalue weighted by molar-refractivity contribution is 7.92. The fourth-order valence-corrected chi connectivity index (χ4v) is 4.55. The van der Waals surface area contributed by atoms with Crippen LogP contribution < -0.4 is 15.0 Å². The lowest BCUT2D eigenvalue weighted by Crippen LogP contribution is -2.23. The molecule has 0 aliphatic carbocycles. The Morgan fingerprint density at radius 2 is 1.79 bits per heavy atom. The fourth-order valence-electron chi connectivity index (χ4n) is 3.20. The number of benzene rings is 2. The molecule has 0 aliphatic heterocycles. The van der Waals surface area contributed by atoms with Crippen LogP contribution in [0.15, 0.2) is 81.6 Å². The number of pyridine rings is 1. The molecule has 0 saturated carbocycles. The largest absolute Gasteiger partial charge is 0.481 e. The van der Waals surface area contributed by atoms with E-state index in [4.69, 9.17) is 9.52 Å². The van der Waals surface area contributed by atoms with Gasteiger partial charge in [-0.1, -0.05) is 6.07 Å². The molecular formula is C22H18F2N4O4S. The maximum absolute atomic E-state index is 13.2. The van der Waals surface area contributed by atoms with Crippen molar-refractivity contribution in [3.63, 3.8) is 0 Å². The average molecular weight is 472 g/mol. The molecule has 0 spiro atoms. The van der Waals surface area contributed by atoms with Gasteiger partial charge in [0.15, 0.2) is 0 Å².